The fourth-order valence-electron chi connectivity index (χ4n) is 1.77. The van der Waals surface area contributed by atoms with Crippen molar-refractivity contribution in [3.63, 3.8) is 0 Å². The molecule has 0 aliphatic rings. The summed E-state index contributed by atoms with van der Waals surface area (Å²) in [7, 11) is 0. The first-order valence-corrected chi connectivity index (χ1v) is 5.85. The summed E-state index contributed by atoms with van der Waals surface area (Å²) in [5.74, 6) is -0.314. The number of carbonyl (C=O) groups is 1. The van der Waals surface area contributed by atoms with E-state index in [-0.39, 0.29) is 11.6 Å². The van der Waals surface area contributed by atoms with Crippen LogP contribution in [0.1, 0.15) is 27.3 Å². The van der Waals surface area contributed by atoms with Gasteiger partial charge in [0.25, 0.3) is 5.91 Å². The lowest BCUT2D eigenvalue weighted by atomic mass is 10.2. The van der Waals surface area contributed by atoms with Gasteiger partial charge in [-0.25, -0.2) is 4.98 Å². The summed E-state index contributed by atoms with van der Waals surface area (Å²) in [6, 6.07) is 12.7. The van der Waals surface area contributed by atoms with Crippen molar-refractivity contribution < 1.29 is 4.79 Å². The van der Waals surface area contributed by atoms with Crippen molar-refractivity contribution in [2.75, 3.05) is 5.32 Å². The minimum Gasteiger partial charge on any atom is -0.321 e. The fraction of sp³-hybridized carbons (Fsp3) is 0.133. The number of aryl methyl sites for hydroxylation is 2. The first-order valence-electron chi connectivity index (χ1n) is 5.85. The topological polar surface area (TPSA) is 65.8 Å². The van der Waals surface area contributed by atoms with Gasteiger partial charge in [0.05, 0.1) is 11.6 Å². The van der Waals surface area contributed by atoms with E-state index >= 15 is 0 Å². The number of anilines is 1. The van der Waals surface area contributed by atoms with Gasteiger partial charge < -0.3 is 5.32 Å². The van der Waals surface area contributed by atoms with Crippen LogP contribution >= 0.6 is 0 Å². The summed E-state index contributed by atoms with van der Waals surface area (Å²) in [5.41, 5.74) is 3.10. The van der Waals surface area contributed by atoms with Crippen LogP contribution in [0.4, 0.5) is 5.69 Å². The van der Waals surface area contributed by atoms with Crippen molar-refractivity contribution in [2.24, 2.45) is 0 Å². The van der Waals surface area contributed by atoms with Crippen LogP contribution in [0.25, 0.3) is 0 Å². The van der Waals surface area contributed by atoms with Gasteiger partial charge in [0.15, 0.2) is 0 Å². The van der Waals surface area contributed by atoms with Gasteiger partial charge in [-0.05, 0) is 43.7 Å². The van der Waals surface area contributed by atoms with E-state index in [2.05, 4.69) is 10.3 Å². The number of aromatic nitrogens is 1. The fourth-order valence-corrected chi connectivity index (χ4v) is 1.77. The number of rotatable bonds is 2. The Morgan fingerprint density at radius 2 is 2.05 bits per heavy atom. The largest absolute Gasteiger partial charge is 0.321 e. The van der Waals surface area contributed by atoms with Gasteiger partial charge in [-0.15, -0.1) is 0 Å². The average Bonchev–Trinajstić information content (AvgIpc) is 2.38. The molecule has 0 aliphatic carbocycles. The molecule has 1 aromatic carbocycles. The molecular formula is C15H13N3O. The predicted molar refractivity (Wildman–Crippen MR) is 72.8 cm³/mol. The van der Waals surface area contributed by atoms with E-state index in [1.165, 1.54) is 6.07 Å². The average molecular weight is 251 g/mol. The lowest BCUT2D eigenvalue weighted by Gasteiger charge is -2.06. The van der Waals surface area contributed by atoms with Gasteiger partial charge in [-0.2, -0.15) is 5.26 Å². The maximum absolute atomic E-state index is 12.1. The van der Waals surface area contributed by atoms with E-state index in [4.69, 9.17) is 5.26 Å². The molecule has 94 valence electrons. The standard InChI is InChI=1S/C15H13N3O/c1-10-4-3-5-13(6-10)18-15(19)14-8-12(9-16)7-11(2)17-14/h3-8H,1-2H3,(H,18,19). The molecule has 0 fully saturated rings. The molecule has 0 atom stereocenters. The Morgan fingerprint density at radius 1 is 1.26 bits per heavy atom. The van der Waals surface area contributed by atoms with E-state index in [0.29, 0.717) is 16.9 Å². The van der Waals surface area contributed by atoms with E-state index in [0.717, 1.165) is 5.56 Å². The van der Waals surface area contributed by atoms with Gasteiger partial charge in [0.1, 0.15) is 5.69 Å². The van der Waals surface area contributed by atoms with Crippen LogP contribution < -0.4 is 5.32 Å². The summed E-state index contributed by atoms with van der Waals surface area (Å²) in [4.78, 5) is 16.2. The van der Waals surface area contributed by atoms with Gasteiger partial charge in [-0.1, -0.05) is 12.1 Å². The summed E-state index contributed by atoms with van der Waals surface area (Å²) >= 11 is 0. The van der Waals surface area contributed by atoms with Crippen LogP contribution in [0.15, 0.2) is 36.4 Å². The number of nitriles is 1. The highest BCUT2D eigenvalue weighted by Crippen LogP contribution is 2.12. The maximum Gasteiger partial charge on any atom is 0.274 e. The number of hydrogen-bond donors (Lipinski definition) is 1. The lowest BCUT2D eigenvalue weighted by molar-refractivity contribution is 0.102. The molecule has 0 unspecified atom stereocenters. The Kier molecular flexibility index (Phi) is 3.58. The zero-order chi connectivity index (χ0) is 13.8. The number of amides is 1. The Balaban J connectivity index is 2.25. The zero-order valence-corrected chi connectivity index (χ0v) is 10.8. The number of pyridine rings is 1. The van der Waals surface area contributed by atoms with E-state index < -0.39 is 0 Å². The molecule has 4 nitrogen and oxygen atoms in total. The van der Waals surface area contributed by atoms with Crippen molar-refractivity contribution in [2.45, 2.75) is 13.8 Å². The molecule has 0 aliphatic heterocycles. The third kappa shape index (κ3) is 3.17. The second-order valence-electron chi connectivity index (χ2n) is 4.32. The first kappa shape index (κ1) is 12.8. The molecule has 0 saturated heterocycles. The smallest absolute Gasteiger partial charge is 0.274 e. The number of hydrogen-bond acceptors (Lipinski definition) is 3. The lowest BCUT2D eigenvalue weighted by Crippen LogP contribution is -2.14. The van der Waals surface area contributed by atoms with E-state index in [1.807, 2.05) is 37.3 Å². The molecule has 1 N–H and O–H groups in total. The molecule has 1 amide bonds. The number of carbonyl (C=O) groups excluding carboxylic acids is 1. The summed E-state index contributed by atoms with van der Waals surface area (Å²) in [6.45, 7) is 3.71. The quantitative estimate of drug-likeness (QED) is 0.892. The summed E-state index contributed by atoms with van der Waals surface area (Å²) in [5, 5.41) is 11.7. The Labute approximate surface area is 111 Å². The van der Waals surface area contributed by atoms with E-state index in [1.54, 1.807) is 13.0 Å². The molecular weight excluding hydrogens is 238 g/mol. The van der Waals surface area contributed by atoms with Crippen LogP contribution in [0.3, 0.4) is 0 Å². The van der Waals surface area contributed by atoms with Crippen LogP contribution in [0, 0.1) is 25.2 Å². The second kappa shape index (κ2) is 5.32. The highest BCUT2D eigenvalue weighted by Gasteiger charge is 2.09. The van der Waals surface area contributed by atoms with Crippen LogP contribution in [0.5, 0.6) is 0 Å². The molecule has 4 heteroatoms. The summed E-state index contributed by atoms with van der Waals surface area (Å²) < 4.78 is 0. The third-order valence-electron chi connectivity index (χ3n) is 2.59. The van der Waals surface area contributed by atoms with Gasteiger partial charge in [0, 0.05) is 11.4 Å². The van der Waals surface area contributed by atoms with Crippen molar-refractivity contribution in [3.8, 4) is 6.07 Å². The van der Waals surface area contributed by atoms with Gasteiger partial charge in [-0.3, -0.25) is 4.79 Å². The maximum atomic E-state index is 12.1. The minimum absolute atomic E-state index is 0.248. The van der Waals surface area contributed by atoms with Gasteiger partial charge >= 0.3 is 0 Å². The van der Waals surface area contributed by atoms with Crippen LogP contribution in [-0.2, 0) is 0 Å². The molecule has 0 radical (unpaired) electrons. The van der Waals surface area contributed by atoms with Gasteiger partial charge in [0.2, 0.25) is 0 Å². The molecule has 0 bridgehead atoms. The van der Waals surface area contributed by atoms with Crippen molar-refractivity contribution in [3.05, 3.63) is 58.9 Å². The SMILES string of the molecule is Cc1cccc(NC(=O)c2cc(C#N)cc(C)n2)c1. The molecule has 2 rings (SSSR count). The number of nitrogens with one attached hydrogen (secondary N) is 1. The van der Waals surface area contributed by atoms with E-state index in [9.17, 15) is 4.79 Å². The van der Waals surface area contributed by atoms with Crippen molar-refractivity contribution in [1.29, 1.82) is 5.26 Å². The highest BCUT2D eigenvalue weighted by atomic mass is 16.1. The Bertz CT molecular complexity index is 671. The molecule has 2 aromatic rings. The van der Waals surface area contributed by atoms with Crippen LogP contribution in [-0.4, -0.2) is 10.9 Å². The van der Waals surface area contributed by atoms with Crippen molar-refractivity contribution in [1.82, 2.24) is 4.98 Å². The molecule has 0 spiro atoms. The third-order valence-corrected chi connectivity index (χ3v) is 2.59. The first-order chi connectivity index (χ1) is 9.08. The van der Waals surface area contributed by atoms with Crippen molar-refractivity contribution >= 4 is 11.6 Å². The molecule has 1 aromatic heterocycles. The second-order valence-corrected chi connectivity index (χ2v) is 4.32. The zero-order valence-electron chi connectivity index (χ0n) is 10.8. The highest BCUT2D eigenvalue weighted by molar-refractivity contribution is 6.03. The summed E-state index contributed by atoms with van der Waals surface area (Å²) in [6.07, 6.45) is 0. The molecule has 1 heterocycles. The monoisotopic (exact) mass is 251 g/mol. The molecule has 0 saturated carbocycles. The normalized spacial score (nSPS) is 9.74. The van der Waals surface area contributed by atoms with Crippen LogP contribution in [0.2, 0.25) is 0 Å². The molecule has 19 heavy (non-hydrogen) atoms. The Hall–Kier alpha value is -2.67. The number of nitrogens with zero attached hydrogens (tertiary/aromatic N) is 2. The minimum atomic E-state index is -0.314. The predicted octanol–water partition coefficient (Wildman–Crippen LogP) is 2.82. The Morgan fingerprint density at radius 3 is 2.74 bits per heavy atom. The number of benzene rings is 1.